The Morgan fingerprint density at radius 2 is 2.06 bits per heavy atom. The number of likely N-dealkylation sites (N-methyl/N-ethyl adjacent to an activating group) is 1. The number of nitrogens with one attached hydrogen (secondary N) is 2. The molecule has 1 aliphatic carbocycles. The fraction of sp³-hybridized carbons (Fsp3) is 0.500. The molecule has 0 radical (unpaired) electrons. The first-order valence-electron chi connectivity index (χ1n) is 10.3. The van der Waals surface area contributed by atoms with Gasteiger partial charge in [0.15, 0.2) is 5.13 Å². The van der Waals surface area contributed by atoms with E-state index >= 15 is 0 Å². The van der Waals surface area contributed by atoms with Gasteiger partial charge in [0.05, 0.1) is 5.02 Å². The Morgan fingerprint density at radius 3 is 2.67 bits per heavy atom. The average Bonchev–Trinajstić information content (AvgIpc) is 3.22. The third-order valence-electron chi connectivity index (χ3n) is 5.73. The van der Waals surface area contributed by atoms with Gasteiger partial charge in [0.25, 0.3) is 16.5 Å². The number of rotatable bonds is 7. The number of carbonyl (C=O) groups is 1. The van der Waals surface area contributed by atoms with Gasteiger partial charge in [-0.25, -0.2) is 17.8 Å². The van der Waals surface area contributed by atoms with Crippen LogP contribution in [-0.4, -0.2) is 68.2 Å². The van der Waals surface area contributed by atoms with Gasteiger partial charge in [-0.1, -0.05) is 18.0 Å². The van der Waals surface area contributed by atoms with E-state index in [0.717, 1.165) is 62.2 Å². The number of hydrogen-bond donors (Lipinski definition) is 3. The van der Waals surface area contributed by atoms with Gasteiger partial charge in [0, 0.05) is 42.8 Å². The Kier molecular flexibility index (Phi) is 8.88. The van der Waals surface area contributed by atoms with Gasteiger partial charge in [-0.05, 0) is 32.4 Å². The molecule has 4 rings (SSSR count). The van der Waals surface area contributed by atoms with Crippen molar-refractivity contribution >= 4 is 44.6 Å². The zero-order chi connectivity index (χ0) is 24.0. The Balaban J connectivity index is 0.000000968. The second kappa shape index (κ2) is 11.4. The molecule has 9 nitrogen and oxygen atoms in total. The summed E-state index contributed by atoms with van der Waals surface area (Å²) in [6, 6.07) is 2.84. The molecule has 2 aliphatic rings. The minimum atomic E-state index is -4.15. The van der Waals surface area contributed by atoms with E-state index in [2.05, 4.69) is 27.0 Å². The first-order chi connectivity index (χ1) is 15.8. The number of aromatic nitrogens is 1. The van der Waals surface area contributed by atoms with Crippen molar-refractivity contribution in [3.63, 3.8) is 0 Å². The third-order valence-corrected chi connectivity index (χ3v) is 8.20. The van der Waals surface area contributed by atoms with Gasteiger partial charge in [-0.15, -0.1) is 11.3 Å². The van der Waals surface area contributed by atoms with Gasteiger partial charge in [-0.2, -0.15) is 0 Å². The Hall–Kier alpha value is -1.99. The van der Waals surface area contributed by atoms with Crippen molar-refractivity contribution in [2.45, 2.75) is 48.8 Å². The van der Waals surface area contributed by atoms with E-state index in [1.807, 2.05) is 0 Å². The number of carboxylic acid groups (broad SMARTS) is 1. The first kappa shape index (κ1) is 25.6. The molecule has 1 saturated heterocycles. The van der Waals surface area contributed by atoms with Crippen LogP contribution in [0.3, 0.4) is 0 Å². The standard InChI is InChI=1S/C19H24ClFN4O3S2.CH2O2/c1-25(12-10-22-11-12)15-4-2-3-5-16(15)28-17-9-14(21)18(8-13(17)20)30(26,27)24-19-23-6-7-29-19;2-1-3/h6-9,12,15-16,22H,2-5,10-11H2,1H3,(H,23,24);1H,(H,2,3)/t15-,16-;/m0./s1. The lowest BCUT2D eigenvalue weighted by molar-refractivity contribution is -0.122. The number of sulfonamides is 1. The van der Waals surface area contributed by atoms with Gasteiger partial charge >= 0.3 is 0 Å². The highest BCUT2D eigenvalue weighted by Crippen LogP contribution is 2.35. The number of hydrogen-bond acceptors (Lipinski definition) is 8. The van der Waals surface area contributed by atoms with Crippen LogP contribution in [0.2, 0.25) is 5.02 Å². The van der Waals surface area contributed by atoms with Crippen molar-refractivity contribution in [1.29, 1.82) is 0 Å². The maximum absolute atomic E-state index is 14.8. The highest BCUT2D eigenvalue weighted by Gasteiger charge is 2.36. The highest BCUT2D eigenvalue weighted by atomic mass is 35.5. The van der Waals surface area contributed by atoms with Crippen molar-refractivity contribution in [3.05, 3.63) is 34.5 Å². The average molecular weight is 521 g/mol. The molecule has 0 bridgehead atoms. The van der Waals surface area contributed by atoms with E-state index in [9.17, 15) is 12.8 Å². The second-order valence-electron chi connectivity index (χ2n) is 7.75. The summed E-state index contributed by atoms with van der Waals surface area (Å²) in [5.74, 6) is -0.748. The van der Waals surface area contributed by atoms with Crippen LogP contribution in [0.5, 0.6) is 5.75 Å². The summed E-state index contributed by atoms with van der Waals surface area (Å²) >= 11 is 7.42. The highest BCUT2D eigenvalue weighted by molar-refractivity contribution is 7.93. The topological polar surface area (TPSA) is 121 Å². The van der Waals surface area contributed by atoms with Crippen LogP contribution in [0.1, 0.15) is 25.7 Å². The van der Waals surface area contributed by atoms with Crippen molar-refractivity contribution in [1.82, 2.24) is 15.2 Å². The predicted molar refractivity (Wildman–Crippen MR) is 124 cm³/mol. The molecule has 0 spiro atoms. The second-order valence-corrected chi connectivity index (χ2v) is 10.7. The molecule has 182 valence electrons. The van der Waals surface area contributed by atoms with E-state index in [1.54, 1.807) is 5.38 Å². The van der Waals surface area contributed by atoms with E-state index in [1.165, 1.54) is 6.20 Å². The Bertz CT molecular complexity index is 1040. The van der Waals surface area contributed by atoms with E-state index < -0.39 is 20.7 Å². The molecular weight excluding hydrogens is 495 g/mol. The van der Waals surface area contributed by atoms with Crippen LogP contribution in [0.25, 0.3) is 0 Å². The van der Waals surface area contributed by atoms with E-state index in [4.69, 9.17) is 26.2 Å². The molecule has 2 aromatic rings. The van der Waals surface area contributed by atoms with E-state index in [0.29, 0.717) is 6.04 Å². The molecule has 2 heterocycles. The summed E-state index contributed by atoms with van der Waals surface area (Å²) in [5.41, 5.74) is 0. The number of anilines is 1. The van der Waals surface area contributed by atoms with Crippen LogP contribution < -0.4 is 14.8 Å². The lowest BCUT2D eigenvalue weighted by Gasteiger charge is -2.45. The molecule has 0 amide bonds. The smallest absolute Gasteiger partial charge is 0.290 e. The van der Waals surface area contributed by atoms with Crippen LogP contribution >= 0.6 is 22.9 Å². The lowest BCUT2D eigenvalue weighted by Crippen LogP contribution is -2.61. The third kappa shape index (κ3) is 6.33. The van der Waals surface area contributed by atoms with Crippen molar-refractivity contribution in [2.24, 2.45) is 0 Å². The van der Waals surface area contributed by atoms with Gasteiger partial charge < -0.3 is 15.2 Å². The first-order valence-corrected chi connectivity index (χ1v) is 13.1. The number of thiazole rings is 1. The normalized spacial score (nSPS) is 21.0. The summed E-state index contributed by atoms with van der Waals surface area (Å²) in [6.07, 6.45) is 5.33. The molecule has 3 N–H and O–H groups in total. The van der Waals surface area contributed by atoms with Gasteiger partial charge in [0.1, 0.15) is 22.6 Å². The molecule has 0 unspecified atom stereocenters. The Labute approximate surface area is 201 Å². The monoisotopic (exact) mass is 520 g/mol. The molecule has 1 aromatic carbocycles. The molecular formula is C20H26ClFN4O5S2. The van der Waals surface area contributed by atoms with Crippen LogP contribution in [-0.2, 0) is 14.8 Å². The Morgan fingerprint density at radius 1 is 1.36 bits per heavy atom. The van der Waals surface area contributed by atoms with Gasteiger partial charge in [-0.3, -0.25) is 14.4 Å². The van der Waals surface area contributed by atoms with Crippen LogP contribution in [0.4, 0.5) is 9.52 Å². The molecule has 13 heteroatoms. The zero-order valence-corrected chi connectivity index (χ0v) is 20.3. The quantitative estimate of drug-likeness (QED) is 0.476. The van der Waals surface area contributed by atoms with Crippen LogP contribution in [0.15, 0.2) is 28.6 Å². The summed E-state index contributed by atoms with van der Waals surface area (Å²) in [7, 11) is -2.05. The zero-order valence-electron chi connectivity index (χ0n) is 17.9. The van der Waals surface area contributed by atoms with E-state index in [-0.39, 0.29) is 34.5 Å². The summed E-state index contributed by atoms with van der Waals surface area (Å²) in [4.78, 5) is 14.0. The minimum Gasteiger partial charge on any atom is -0.487 e. The number of benzene rings is 1. The number of ether oxygens (including phenoxy) is 1. The molecule has 2 atom stereocenters. The van der Waals surface area contributed by atoms with Crippen molar-refractivity contribution in [2.75, 3.05) is 24.9 Å². The number of halogens is 2. The van der Waals surface area contributed by atoms with Crippen molar-refractivity contribution in [3.8, 4) is 5.75 Å². The predicted octanol–water partition coefficient (Wildman–Crippen LogP) is 3.03. The lowest BCUT2D eigenvalue weighted by atomic mass is 9.90. The largest absolute Gasteiger partial charge is 0.487 e. The summed E-state index contributed by atoms with van der Waals surface area (Å²) in [6.45, 7) is 1.65. The summed E-state index contributed by atoms with van der Waals surface area (Å²) in [5, 5.41) is 12.0. The van der Waals surface area contributed by atoms with Crippen LogP contribution in [0, 0.1) is 5.82 Å². The minimum absolute atomic E-state index is 0.0631. The van der Waals surface area contributed by atoms with Crippen molar-refractivity contribution < 1.29 is 27.4 Å². The molecule has 1 aliphatic heterocycles. The van der Waals surface area contributed by atoms with Gasteiger partial charge in [0.2, 0.25) is 0 Å². The summed E-state index contributed by atoms with van der Waals surface area (Å²) < 4.78 is 48.2. The SMILES string of the molecule is CN(C1CNC1)[C@H]1CCCC[C@@H]1Oc1cc(F)c(S(=O)(=O)Nc2nccs2)cc1Cl.O=CO. The number of nitrogens with zero attached hydrogens (tertiary/aromatic N) is 2. The molecule has 33 heavy (non-hydrogen) atoms. The molecule has 1 saturated carbocycles. The maximum Gasteiger partial charge on any atom is 0.290 e. The fourth-order valence-corrected chi connectivity index (χ4v) is 6.07. The maximum atomic E-state index is 14.8. The fourth-order valence-electron chi connectivity index (χ4n) is 3.93. The molecule has 2 fully saturated rings. The molecule has 1 aromatic heterocycles.